The molecule has 0 amide bonds. The first-order chi connectivity index (χ1) is 12.4. The van der Waals surface area contributed by atoms with Gasteiger partial charge in [-0.15, -0.1) is 0 Å². The standard InChI is InChI=1S/C22H23NOP.ClH/c1-4-10-19(11-5-1)25(18-22-23-16-17-24-22,20-12-6-2-7-13-20)21-14-8-3-9-15-21;/h1-15,22-23H,16-18H2;1H/q+1;/p-1. The fourth-order valence-corrected chi connectivity index (χ4v) is 7.96. The first-order valence-corrected chi connectivity index (χ1v) is 10.8. The van der Waals surface area contributed by atoms with Gasteiger partial charge >= 0.3 is 0 Å². The predicted molar refractivity (Wildman–Crippen MR) is 108 cm³/mol. The SMILES string of the molecule is [Cl-].c1ccc([P+](CC2NCCO2)(c2ccccc2)c2ccccc2)cc1. The highest BCUT2D eigenvalue weighted by molar-refractivity contribution is 7.95. The maximum Gasteiger partial charge on any atom is 0.143 e. The van der Waals surface area contributed by atoms with Crippen molar-refractivity contribution < 1.29 is 17.1 Å². The lowest BCUT2D eigenvalue weighted by atomic mass is 10.4. The van der Waals surface area contributed by atoms with Gasteiger partial charge in [-0.05, 0) is 36.4 Å². The third-order valence-electron chi connectivity index (χ3n) is 4.82. The van der Waals surface area contributed by atoms with E-state index in [1.165, 1.54) is 15.9 Å². The summed E-state index contributed by atoms with van der Waals surface area (Å²) in [4.78, 5) is 0. The molecule has 1 aliphatic rings. The van der Waals surface area contributed by atoms with Crippen molar-refractivity contribution in [3.8, 4) is 0 Å². The van der Waals surface area contributed by atoms with Gasteiger partial charge in [0.25, 0.3) is 0 Å². The van der Waals surface area contributed by atoms with Crippen molar-refractivity contribution in [2.75, 3.05) is 19.3 Å². The molecule has 1 aliphatic heterocycles. The first-order valence-electron chi connectivity index (χ1n) is 8.79. The van der Waals surface area contributed by atoms with Crippen molar-refractivity contribution in [1.29, 1.82) is 0 Å². The number of hydrogen-bond donors (Lipinski definition) is 1. The molecule has 4 heteroatoms. The van der Waals surface area contributed by atoms with E-state index >= 15 is 0 Å². The zero-order valence-electron chi connectivity index (χ0n) is 14.6. The molecule has 4 rings (SSSR count). The fourth-order valence-electron chi connectivity index (χ4n) is 3.66. The van der Waals surface area contributed by atoms with Crippen molar-refractivity contribution in [1.82, 2.24) is 5.32 Å². The van der Waals surface area contributed by atoms with Gasteiger partial charge in [0.15, 0.2) is 0 Å². The molecule has 0 aromatic heterocycles. The summed E-state index contributed by atoms with van der Waals surface area (Å²) in [5, 5.41) is 7.75. The Morgan fingerprint density at radius 2 is 1.15 bits per heavy atom. The van der Waals surface area contributed by atoms with E-state index in [1.54, 1.807) is 0 Å². The maximum atomic E-state index is 5.99. The molecule has 0 spiro atoms. The van der Waals surface area contributed by atoms with E-state index < -0.39 is 7.26 Å². The van der Waals surface area contributed by atoms with Gasteiger partial charge in [-0.25, -0.2) is 0 Å². The van der Waals surface area contributed by atoms with Crippen LogP contribution in [0.4, 0.5) is 0 Å². The summed E-state index contributed by atoms with van der Waals surface area (Å²) in [7, 11) is -1.79. The normalized spacial score (nSPS) is 16.8. The number of nitrogens with one attached hydrogen (secondary N) is 1. The van der Waals surface area contributed by atoms with Gasteiger partial charge in [0.2, 0.25) is 0 Å². The van der Waals surface area contributed by atoms with Crippen LogP contribution in [-0.2, 0) is 4.74 Å². The van der Waals surface area contributed by atoms with Crippen molar-refractivity contribution in [2.24, 2.45) is 0 Å². The van der Waals surface area contributed by atoms with Crippen LogP contribution in [0.15, 0.2) is 91.0 Å². The molecule has 0 radical (unpaired) electrons. The summed E-state index contributed by atoms with van der Waals surface area (Å²) in [6.45, 7) is 1.73. The third kappa shape index (κ3) is 3.70. The molecule has 2 nitrogen and oxygen atoms in total. The number of rotatable bonds is 5. The second-order valence-corrected chi connectivity index (χ2v) is 9.85. The van der Waals surface area contributed by atoms with E-state index in [1.807, 2.05) is 0 Å². The largest absolute Gasteiger partial charge is 1.00 e. The van der Waals surface area contributed by atoms with Gasteiger partial charge in [0.05, 0.1) is 6.61 Å². The van der Waals surface area contributed by atoms with E-state index in [4.69, 9.17) is 4.74 Å². The Bertz CT molecular complexity index is 695. The number of halogens is 1. The number of ether oxygens (including phenoxy) is 1. The van der Waals surface area contributed by atoms with Crippen LogP contribution in [0, 0.1) is 0 Å². The van der Waals surface area contributed by atoms with Gasteiger partial charge in [0, 0.05) is 6.54 Å². The summed E-state index contributed by atoms with van der Waals surface area (Å²) in [5.41, 5.74) is 0. The monoisotopic (exact) mass is 383 g/mol. The van der Waals surface area contributed by atoms with Crippen molar-refractivity contribution >= 4 is 23.2 Å². The Balaban J connectivity index is 0.00000196. The number of hydrogen-bond acceptors (Lipinski definition) is 2. The highest BCUT2D eigenvalue weighted by Gasteiger charge is 2.47. The molecule has 3 aromatic carbocycles. The molecule has 1 fully saturated rings. The molecule has 1 heterocycles. The van der Waals surface area contributed by atoms with E-state index in [2.05, 4.69) is 96.3 Å². The lowest BCUT2D eigenvalue weighted by Crippen LogP contribution is -3.00. The number of benzene rings is 3. The molecule has 134 valence electrons. The zero-order valence-corrected chi connectivity index (χ0v) is 16.2. The molecule has 3 aromatic rings. The minimum absolute atomic E-state index is 0. The topological polar surface area (TPSA) is 21.3 Å². The van der Waals surface area contributed by atoms with Gasteiger partial charge < -0.3 is 17.1 Å². The average Bonchev–Trinajstić information content (AvgIpc) is 3.21. The van der Waals surface area contributed by atoms with Crippen LogP contribution >= 0.6 is 7.26 Å². The summed E-state index contributed by atoms with van der Waals surface area (Å²) in [6.07, 6.45) is 1.08. The second-order valence-electron chi connectivity index (χ2n) is 6.31. The Hall–Kier alpha value is -1.70. The van der Waals surface area contributed by atoms with Crippen LogP contribution < -0.4 is 33.6 Å². The van der Waals surface area contributed by atoms with Gasteiger partial charge in [-0.1, -0.05) is 54.6 Å². The lowest BCUT2D eigenvalue weighted by Gasteiger charge is -2.29. The Morgan fingerprint density at radius 3 is 1.50 bits per heavy atom. The summed E-state index contributed by atoms with van der Waals surface area (Å²) >= 11 is 0. The molecule has 0 aliphatic carbocycles. The third-order valence-corrected chi connectivity index (χ3v) is 9.24. The summed E-state index contributed by atoms with van der Waals surface area (Å²) < 4.78 is 5.99. The zero-order chi connectivity index (χ0) is 17.0. The van der Waals surface area contributed by atoms with Crippen LogP contribution in [0.1, 0.15) is 0 Å². The highest BCUT2D eigenvalue weighted by Crippen LogP contribution is 2.55. The second kappa shape index (κ2) is 8.79. The van der Waals surface area contributed by atoms with Crippen LogP contribution in [0.2, 0.25) is 0 Å². The minimum Gasteiger partial charge on any atom is -1.00 e. The quantitative estimate of drug-likeness (QED) is 0.623. The molecule has 1 atom stereocenters. The average molecular weight is 384 g/mol. The fraction of sp³-hybridized carbons (Fsp3) is 0.182. The maximum absolute atomic E-state index is 5.99. The van der Waals surface area contributed by atoms with Gasteiger partial charge in [-0.3, -0.25) is 5.32 Å². The molecule has 26 heavy (non-hydrogen) atoms. The molecular formula is C22H23ClNOP. The summed E-state index contributed by atoms with van der Waals surface area (Å²) in [6, 6.07) is 32.9. The van der Waals surface area contributed by atoms with Crippen molar-refractivity contribution in [3.63, 3.8) is 0 Å². The van der Waals surface area contributed by atoms with Gasteiger partial charge in [-0.2, -0.15) is 0 Å². The molecule has 0 bridgehead atoms. The molecule has 0 saturated carbocycles. The smallest absolute Gasteiger partial charge is 0.143 e. The molecule has 1 unspecified atom stereocenters. The van der Waals surface area contributed by atoms with Crippen LogP contribution in [0.5, 0.6) is 0 Å². The Labute approximate surface area is 162 Å². The molecular weight excluding hydrogens is 361 g/mol. The van der Waals surface area contributed by atoms with Crippen LogP contribution in [0.3, 0.4) is 0 Å². The van der Waals surface area contributed by atoms with Crippen LogP contribution in [0.25, 0.3) is 0 Å². The van der Waals surface area contributed by atoms with Gasteiger partial charge in [0.1, 0.15) is 35.6 Å². The van der Waals surface area contributed by atoms with E-state index in [0.29, 0.717) is 0 Å². The lowest BCUT2D eigenvalue weighted by molar-refractivity contribution is -0.00000640. The Kier molecular flexibility index (Phi) is 6.45. The van der Waals surface area contributed by atoms with E-state index in [0.717, 1.165) is 19.3 Å². The Morgan fingerprint density at radius 1 is 0.731 bits per heavy atom. The van der Waals surface area contributed by atoms with Crippen LogP contribution in [-0.4, -0.2) is 25.5 Å². The highest BCUT2D eigenvalue weighted by atomic mass is 35.5. The summed E-state index contributed by atoms with van der Waals surface area (Å²) in [5.74, 6) is 0. The first kappa shape index (κ1) is 19.1. The predicted octanol–water partition coefficient (Wildman–Crippen LogP) is -0.0696. The van der Waals surface area contributed by atoms with Crippen molar-refractivity contribution in [2.45, 2.75) is 6.23 Å². The molecule has 1 N–H and O–H groups in total. The molecule has 1 saturated heterocycles. The minimum atomic E-state index is -1.79. The van der Waals surface area contributed by atoms with E-state index in [-0.39, 0.29) is 18.6 Å². The van der Waals surface area contributed by atoms with E-state index in [9.17, 15) is 0 Å². The van der Waals surface area contributed by atoms with Crippen molar-refractivity contribution in [3.05, 3.63) is 91.0 Å².